The Hall–Kier alpha value is -2.92. The third-order valence-electron chi connectivity index (χ3n) is 8.36. The standard InChI is InChI=1S/C29H34O5/c1-20-9-13-24-28(2,23(20)12-11-22-16-18-33-27(22)32)17-15-25(29(24,3)19-30)34-26(31)14-10-21-7-5-4-6-8-21/h4-8,10-11,14,16,18,23-25,30H,1,9,12-13,15,17,19H2,2-3H3/b14-10+,22-11+/t23-,24?,25-,28+,29+/m1/s1. The van der Waals surface area contributed by atoms with Crippen molar-refractivity contribution in [3.8, 4) is 0 Å². The minimum Gasteiger partial charge on any atom is -0.459 e. The van der Waals surface area contributed by atoms with Gasteiger partial charge in [0.1, 0.15) is 6.10 Å². The number of esters is 2. The second-order valence-electron chi connectivity index (χ2n) is 10.3. The van der Waals surface area contributed by atoms with Gasteiger partial charge in [-0.05, 0) is 67.1 Å². The van der Waals surface area contributed by atoms with Crippen LogP contribution in [0.5, 0.6) is 0 Å². The summed E-state index contributed by atoms with van der Waals surface area (Å²) in [6.07, 6.45) is 11.9. The first-order valence-electron chi connectivity index (χ1n) is 12.1. The summed E-state index contributed by atoms with van der Waals surface area (Å²) in [4.78, 5) is 24.5. The number of carbonyl (C=O) groups is 2. The number of rotatable bonds is 6. The molecule has 0 bridgehead atoms. The van der Waals surface area contributed by atoms with Gasteiger partial charge in [0.05, 0.1) is 18.4 Å². The minimum atomic E-state index is -0.554. The van der Waals surface area contributed by atoms with E-state index in [1.54, 1.807) is 12.2 Å². The third-order valence-corrected chi connectivity index (χ3v) is 8.36. The maximum Gasteiger partial charge on any atom is 0.342 e. The van der Waals surface area contributed by atoms with E-state index in [-0.39, 0.29) is 41.9 Å². The molecule has 2 aliphatic carbocycles. The van der Waals surface area contributed by atoms with E-state index in [0.29, 0.717) is 18.4 Å². The zero-order valence-electron chi connectivity index (χ0n) is 20.0. The second-order valence-corrected chi connectivity index (χ2v) is 10.3. The molecular formula is C29H34O5. The molecule has 0 amide bonds. The number of hydrogen-bond acceptors (Lipinski definition) is 5. The maximum absolute atomic E-state index is 12.7. The quantitative estimate of drug-likeness (QED) is 0.349. The summed E-state index contributed by atoms with van der Waals surface area (Å²) in [5, 5.41) is 10.6. The molecule has 180 valence electrons. The summed E-state index contributed by atoms with van der Waals surface area (Å²) >= 11 is 0. The number of allylic oxidation sites excluding steroid dienone is 2. The maximum atomic E-state index is 12.7. The monoisotopic (exact) mass is 462 g/mol. The van der Waals surface area contributed by atoms with Gasteiger partial charge in [-0.15, -0.1) is 0 Å². The van der Waals surface area contributed by atoms with Crippen LogP contribution < -0.4 is 0 Å². The van der Waals surface area contributed by atoms with Crippen molar-refractivity contribution in [3.05, 3.63) is 78.1 Å². The lowest BCUT2D eigenvalue weighted by Gasteiger charge is -2.60. The second kappa shape index (κ2) is 9.75. The van der Waals surface area contributed by atoms with Crippen molar-refractivity contribution in [2.75, 3.05) is 6.61 Å². The van der Waals surface area contributed by atoms with E-state index in [0.717, 1.165) is 24.8 Å². The van der Waals surface area contributed by atoms with Crippen LogP contribution in [0.25, 0.3) is 6.08 Å². The lowest BCUT2D eigenvalue weighted by Crippen LogP contribution is -2.58. The molecule has 0 saturated heterocycles. The van der Waals surface area contributed by atoms with Crippen molar-refractivity contribution in [2.24, 2.45) is 22.7 Å². The van der Waals surface area contributed by atoms with Gasteiger partial charge in [-0.2, -0.15) is 0 Å². The van der Waals surface area contributed by atoms with Crippen molar-refractivity contribution in [1.29, 1.82) is 0 Å². The smallest absolute Gasteiger partial charge is 0.342 e. The molecule has 0 aromatic heterocycles. The van der Waals surface area contributed by atoms with Crippen molar-refractivity contribution in [3.63, 3.8) is 0 Å². The molecule has 1 aromatic carbocycles. The van der Waals surface area contributed by atoms with Gasteiger partial charge in [0.25, 0.3) is 0 Å². The lowest BCUT2D eigenvalue weighted by atomic mass is 9.46. The van der Waals surface area contributed by atoms with E-state index in [2.05, 4.69) is 20.4 Å². The third kappa shape index (κ3) is 4.54. The molecule has 5 atom stereocenters. The fourth-order valence-corrected chi connectivity index (χ4v) is 6.42. The summed E-state index contributed by atoms with van der Waals surface area (Å²) in [6.45, 7) is 8.64. The highest BCUT2D eigenvalue weighted by molar-refractivity contribution is 5.94. The van der Waals surface area contributed by atoms with Crippen LogP contribution in [-0.4, -0.2) is 29.8 Å². The molecular weight excluding hydrogens is 428 g/mol. The molecule has 0 radical (unpaired) electrons. The highest BCUT2D eigenvalue weighted by atomic mass is 16.5. The van der Waals surface area contributed by atoms with Gasteiger partial charge in [0.15, 0.2) is 0 Å². The van der Waals surface area contributed by atoms with Crippen molar-refractivity contribution >= 4 is 18.0 Å². The van der Waals surface area contributed by atoms with Crippen molar-refractivity contribution < 1.29 is 24.2 Å². The van der Waals surface area contributed by atoms with Crippen LogP contribution in [-0.2, 0) is 19.1 Å². The van der Waals surface area contributed by atoms with Crippen molar-refractivity contribution in [2.45, 2.75) is 52.1 Å². The van der Waals surface area contributed by atoms with Gasteiger partial charge in [-0.1, -0.05) is 62.4 Å². The van der Waals surface area contributed by atoms with Crippen LogP contribution in [0.2, 0.25) is 0 Å². The largest absolute Gasteiger partial charge is 0.459 e. The summed E-state index contributed by atoms with van der Waals surface area (Å²) in [5.41, 5.74) is 2.04. The number of aliphatic hydroxyl groups excluding tert-OH is 1. The van der Waals surface area contributed by atoms with E-state index < -0.39 is 5.41 Å². The van der Waals surface area contributed by atoms with Gasteiger partial charge in [0, 0.05) is 11.5 Å². The highest BCUT2D eigenvalue weighted by Crippen LogP contribution is 2.62. The molecule has 1 unspecified atom stereocenters. The van der Waals surface area contributed by atoms with E-state index >= 15 is 0 Å². The number of hydrogen-bond donors (Lipinski definition) is 1. The van der Waals surface area contributed by atoms with Crippen LogP contribution in [0, 0.1) is 22.7 Å². The molecule has 5 nitrogen and oxygen atoms in total. The molecule has 1 aliphatic heterocycles. The molecule has 2 fully saturated rings. The lowest BCUT2D eigenvalue weighted by molar-refractivity contribution is -0.182. The van der Waals surface area contributed by atoms with Gasteiger partial charge < -0.3 is 14.6 Å². The van der Waals surface area contributed by atoms with E-state index in [9.17, 15) is 14.7 Å². The summed E-state index contributed by atoms with van der Waals surface area (Å²) in [7, 11) is 0. The van der Waals surface area contributed by atoms with E-state index in [4.69, 9.17) is 9.47 Å². The molecule has 34 heavy (non-hydrogen) atoms. The Labute approximate surface area is 201 Å². The van der Waals surface area contributed by atoms with Gasteiger partial charge in [0.2, 0.25) is 0 Å². The average Bonchev–Trinajstić information content (AvgIpc) is 3.24. The summed E-state index contributed by atoms with van der Waals surface area (Å²) in [6, 6.07) is 9.63. The van der Waals surface area contributed by atoms with Crippen LogP contribution >= 0.6 is 0 Å². The van der Waals surface area contributed by atoms with E-state index in [1.165, 1.54) is 17.9 Å². The number of fused-ring (bicyclic) bond motifs is 1. The molecule has 4 rings (SSSR count). The molecule has 3 aliphatic rings. The minimum absolute atomic E-state index is 0.0526. The Morgan fingerprint density at radius 1 is 1.26 bits per heavy atom. The SMILES string of the molecule is C=C1CCC2[C@](C)(CO)[C@H](OC(=O)/C=C/c3ccccc3)CC[C@@]2(C)[C@@H]1C/C=C1\C=COC1=O. The highest BCUT2D eigenvalue weighted by Gasteiger charge is 2.58. The number of cyclic esters (lactones) is 1. The predicted octanol–water partition coefficient (Wildman–Crippen LogP) is 5.38. The Morgan fingerprint density at radius 3 is 2.71 bits per heavy atom. The predicted molar refractivity (Wildman–Crippen MR) is 131 cm³/mol. The van der Waals surface area contributed by atoms with E-state index in [1.807, 2.05) is 36.4 Å². The first-order chi connectivity index (χ1) is 16.3. The number of aliphatic hydroxyl groups is 1. The zero-order valence-corrected chi connectivity index (χ0v) is 20.0. The number of benzene rings is 1. The Morgan fingerprint density at radius 2 is 2.03 bits per heavy atom. The molecule has 2 saturated carbocycles. The molecule has 1 N–H and O–H groups in total. The van der Waals surface area contributed by atoms with Gasteiger partial charge >= 0.3 is 11.9 Å². The zero-order chi connectivity index (χ0) is 24.3. The number of carbonyl (C=O) groups excluding carboxylic acids is 2. The topological polar surface area (TPSA) is 72.8 Å². The van der Waals surface area contributed by atoms with Gasteiger partial charge in [-0.25, -0.2) is 9.59 Å². The van der Waals surface area contributed by atoms with Gasteiger partial charge in [-0.3, -0.25) is 0 Å². The van der Waals surface area contributed by atoms with Crippen LogP contribution in [0.3, 0.4) is 0 Å². The Bertz CT molecular complexity index is 1040. The summed E-state index contributed by atoms with van der Waals surface area (Å²) < 4.78 is 10.9. The fraction of sp³-hybridized carbons (Fsp3) is 0.448. The van der Waals surface area contributed by atoms with Crippen molar-refractivity contribution in [1.82, 2.24) is 0 Å². The molecule has 1 aromatic rings. The van der Waals surface area contributed by atoms with Crippen LogP contribution in [0.1, 0.15) is 51.5 Å². The first-order valence-corrected chi connectivity index (χ1v) is 12.1. The normalized spacial score (nSPS) is 34.3. The van der Waals surface area contributed by atoms with Crippen LogP contribution in [0.15, 0.2) is 72.5 Å². The molecule has 0 spiro atoms. The molecule has 1 heterocycles. The van der Waals surface area contributed by atoms with Crippen LogP contribution in [0.4, 0.5) is 0 Å². The molecule has 5 heteroatoms. The fourth-order valence-electron chi connectivity index (χ4n) is 6.42. The first kappa shape index (κ1) is 24.2. The number of ether oxygens (including phenoxy) is 2. The average molecular weight is 463 g/mol. The Balaban J connectivity index is 1.52. The summed E-state index contributed by atoms with van der Waals surface area (Å²) in [5.74, 6) is -0.358. The Kier molecular flexibility index (Phi) is 6.94.